The first-order valence-corrected chi connectivity index (χ1v) is 13.9. The molecule has 1 aliphatic heterocycles. The van der Waals surface area contributed by atoms with Gasteiger partial charge < -0.3 is 29.3 Å². The van der Waals surface area contributed by atoms with Crippen molar-refractivity contribution in [1.29, 1.82) is 5.26 Å². The highest BCUT2D eigenvalue weighted by Crippen LogP contribution is 2.36. The van der Waals surface area contributed by atoms with E-state index in [1.165, 1.54) is 6.07 Å². The highest BCUT2D eigenvalue weighted by atomic mass is 16.5. The number of nitrogens with one attached hydrogen (secondary N) is 1. The normalized spacial score (nSPS) is 12.8. The van der Waals surface area contributed by atoms with Crippen LogP contribution in [-0.2, 0) is 0 Å². The highest BCUT2D eigenvalue weighted by molar-refractivity contribution is 6.06. The molecular formula is C32H31N7O5. The van der Waals surface area contributed by atoms with Gasteiger partial charge in [0.1, 0.15) is 34.5 Å². The summed E-state index contributed by atoms with van der Waals surface area (Å²) in [6, 6.07) is 19.4. The monoisotopic (exact) mass is 593 g/mol. The number of nitriles is 1. The zero-order valence-electron chi connectivity index (χ0n) is 24.8. The van der Waals surface area contributed by atoms with E-state index in [4.69, 9.17) is 9.26 Å². The third kappa shape index (κ3) is 5.80. The van der Waals surface area contributed by atoms with Gasteiger partial charge in [-0.05, 0) is 60.6 Å². The van der Waals surface area contributed by atoms with E-state index >= 15 is 0 Å². The Hall–Kier alpha value is -5.70. The van der Waals surface area contributed by atoms with E-state index in [0.717, 1.165) is 5.69 Å². The van der Waals surface area contributed by atoms with Crippen molar-refractivity contribution in [1.82, 2.24) is 10.1 Å². The molecule has 0 aliphatic carbocycles. The molecule has 12 heteroatoms. The number of aryl methyl sites for hydroxylation is 1. The Bertz CT molecular complexity index is 1750. The molecule has 224 valence electrons. The molecule has 1 aliphatic rings. The molecule has 0 bridgehead atoms. The number of para-hydroxylation sites is 1. The number of ether oxygens (including phenoxy) is 1. The second-order valence-electron chi connectivity index (χ2n) is 10.4. The molecule has 0 spiro atoms. The van der Waals surface area contributed by atoms with Crippen LogP contribution in [0, 0.1) is 23.2 Å². The lowest BCUT2D eigenvalue weighted by atomic mass is 10.0. The minimum atomic E-state index is -0.416. The standard InChI is InChI=1S/C32H31N7O5/c1-20-29(30(36-44-20)24-7-5-6-8-28(24)43-4)32(41)39-15-13-38(14-16-39)27-18-25(26(35-42)17-22(27)19-33)34-31(40)21-9-11-23(12-10-21)37(2)3/h5-12,17-18H,13-16H2,1-4H3,(H,34,40). The summed E-state index contributed by atoms with van der Waals surface area (Å²) in [5.41, 5.74) is 3.67. The van der Waals surface area contributed by atoms with Crippen LogP contribution in [0.15, 0.2) is 70.4 Å². The summed E-state index contributed by atoms with van der Waals surface area (Å²) >= 11 is 0. The van der Waals surface area contributed by atoms with Gasteiger partial charge in [-0.2, -0.15) is 5.26 Å². The number of amides is 2. The van der Waals surface area contributed by atoms with Gasteiger partial charge in [-0.3, -0.25) is 9.59 Å². The van der Waals surface area contributed by atoms with Crippen LogP contribution in [-0.4, -0.2) is 69.3 Å². The molecule has 4 aromatic rings. The largest absolute Gasteiger partial charge is 0.496 e. The molecule has 1 fully saturated rings. The number of rotatable bonds is 8. The predicted molar refractivity (Wildman–Crippen MR) is 167 cm³/mol. The van der Waals surface area contributed by atoms with Crippen LogP contribution in [0.25, 0.3) is 11.3 Å². The van der Waals surface area contributed by atoms with Crippen molar-refractivity contribution >= 4 is 34.6 Å². The van der Waals surface area contributed by atoms with E-state index in [1.54, 1.807) is 43.2 Å². The van der Waals surface area contributed by atoms with Crippen LogP contribution >= 0.6 is 0 Å². The molecule has 2 heterocycles. The Labute approximate surface area is 254 Å². The van der Waals surface area contributed by atoms with E-state index in [2.05, 4.69) is 21.7 Å². The fraction of sp³-hybridized carbons (Fsp3) is 0.250. The summed E-state index contributed by atoms with van der Waals surface area (Å²) in [5, 5.41) is 19.8. The smallest absolute Gasteiger partial charge is 0.259 e. The lowest BCUT2D eigenvalue weighted by Gasteiger charge is -2.36. The molecule has 12 nitrogen and oxygen atoms in total. The molecule has 1 saturated heterocycles. The number of benzene rings is 3. The first-order valence-electron chi connectivity index (χ1n) is 13.9. The number of nitroso groups, excluding NO2 is 1. The van der Waals surface area contributed by atoms with Gasteiger partial charge in [-0.25, -0.2) is 0 Å². The molecule has 0 atom stereocenters. The average molecular weight is 594 g/mol. The van der Waals surface area contributed by atoms with Crippen LogP contribution in [0.1, 0.15) is 32.0 Å². The van der Waals surface area contributed by atoms with Gasteiger partial charge in [0.05, 0.1) is 24.0 Å². The van der Waals surface area contributed by atoms with Gasteiger partial charge in [0.25, 0.3) is 11.8 Å². The quantitative estimate of drug-likeness (QED) is 0.272. The molecule has 1 aromatic heterocycles. The number of methoxy groups -OCH3 is 1. The Kier molecular flexibility index (Phi) is 8.57. The topological polar surface area (TPSA) is 144 Å². The van der Waals surface area contributed by atoms with Crippen LogP contribution in [0.2, 0.25) is 0 Å². The lowest BCUT2D eigenvalue weighted by Crippen LogP contribution is -2.49. The van der Waals surface area contributed by atoms with E-state index < -0.39 is 5.91 Å². The minimum absolute atomic E-state index is 0.0517. The second kappa shape index (κ2) is 12.7. The molecule has 0 saturated carbocycles. The highest BCUT2D eigenvalue weighted by Gasteiger charge is 2.30. The second-order valence-corrected chi connectivity index (χ2v) is 10.4. The molecule has 5 rings (SSSR count). The van der Waals surface area contributed by atoms with Gasteiger partial charge in [0, 0.05) is 57.1 Å². The molecule has 0 radical (unpaired) electrons. The Morgan fingerprint density at radius 3 is 2.41 bits per heavy atom. The maximum absolute atomic E-state index is 13.7. The molecule has 3 aromatic carbocycles. The number of nitrogens with zero attached hydrogens (tertiary/aromatic N) is 6. The van der Waals surface area contributed by atoms with Crippen molar-refractivity contribution in [2.45, 2.75) is 6.92 Å². The molecule has 1 N–H and O–H groups in total. The Balaban J connectivity index is 1.35. The van der Waals surface area contributed by atoms with Crippen LogP contribution in [0.5, 0.6) is 5.75 Å². The first kappa shape index (κ1) is 29.8. The van der Waals surface area contributed by atoms with Crippen LogP contribution in [0.3, 0.4) is 0 Å². The molecule has 2 amide bonds. The molecular weight excluding hydrogens is 562 g/mol. The SMILES string of the molecule is COc1ccccc1-c1noc(C)c1C(=O)N1CCN(c2cc(NC(=O)c3ccc(N(C)C)cc3)c(N=O)cc2C#N)CC1. The van der Waals surface area contributed by atoms with Crippen molar-refractivity contribution in [3.05, 3.63) is 88.0 Å². The zero-order chi connectivity index (χ0) is 31.4. The summed E-state index contributed by atoms with van der Waals surface area (Å²) in [6.07, 6.45) is 0. The van der Waals surface area contributed by atoms with Gasteiger partial charge in [-0.1, -0.05) is 17.3 Å². The zero-order valence-corrected chi connectivity index (χ0v) is 24.8. The number of carbonyl (C=O) groups excluding carboxylic acids is 2. The van der Waals surface area contributed by atoms with E-state index in [9.17, 15) is 19.8 Å². The lowest BCUT2D eigenvalue weighted by molar-refractivity contribution is 0.0745. The van der Waals surface area contributed by atoms with E-state index in [0.29, 0.717) is 65.8 Å². The van der Waals surface area contributed by atoms with Crippen LogP contribution in [0.4, 0.5) is 22.7 Å². The third-order valence-electron chi connectivity index (χ3n) is 7.57. The van der Waals surface area contributed by atoms with Crippen molar-refractivity contribution < 1.29 is 18.8 Å². The minimum Gasteiger partial charge on any atom is -0.496 e. The summed E-state index contributed by atoms with van der Waals surface area (Å²) in [7, 11) is 5.36. The van der Waals surface area contributed by atoms with Gasteiger partial charge in [-0.15, -0.1) is 4.91 Å². The summed E-state index contributed by atoms with van der Waals surface area (Å²) < 4.78 is 10.9. The average Bonchev–Trinajstić information content (AvgIpc) is 3.44. The van der Waals surface area contributed by atoms with E-state index in [1.807, 2.05) is 54.2 Å². The maximum atomic E-state index is 13.7. The van der Waals surface area contributed by atoms with E-state index in [-0.39, 0.29) is 22.8 Å². The number of carbonyl (C=O) groups is 2. The number of aromatic nitrogens is 1. The number of anilines is 3. The number of hydrogen-bond acceptors (Lipinski definition) is 10. The first-order chi connectivity index (χ1) is 21.2. The number of piperazine rings is 1. The fourth-order valence-corrected chi connectivity index (χ4v) is 5.17. The maximum Gasteiger partial charge on any atom is 0.259 e. The number of hydrogen-bond donors (Lipinski definition) is 1. The Morgan fingerprint density at radius 1 is 1.07 bits per heavy atom. The fourth-order valence-electron chi connectivity index (χ4n) is 5.17. The van der Waals surface area contributed by atoms with Crippen LogP contribution < -0.4 is 19.9 Å². The molecule has 44 heavy (non-hydrogen) atoms. The summed E-state index contributed by atoms with van der Waals surface area (Å²) in [6.45, 7) is 3.22. The van der Waals surface area contributed by atoms with Gasteiger partial charge in [0.2, 0.25) is 0 Å². The van der Waals surface area contributed by atoms with Crippen molar-refractivity contribution in [3.8, 4) is 23.1 Å². The predicted octanol–water partition coefficient (Wildman–Crippen LogP) is 5.21. The van der Waals surface area contributed by atoms with Crippen molar-refractivity contribution in [3.63, 3.8) is 0 Å². The summed E-state index contributed by atoms with van der Waals surface area (Å²) in [5.74, 6) is 0.337. The van der Waals surface area contributed by atoms with Gasteiger partial charge in [0.15, 0.2) is 0 Å². The van der Waals surface area contributed by atoms with Crippen molar-refractivity contribution in [2.75, 3.05) is 62.5 Å². The van der Waals surface area contributed by atoms with Crippen molar-refractivity contribution in [2.24, 2.45) is 5.18 Å². The third-order valence-corrected chi connectivity index (χ3v) is 7.57. The molecule has 0 unspecified atom stereocenters. The van der Waals surface area contributed by atoms with Gasteiger partial charge >= 0.3 is 0 Å². The Morgan fingerprint density at radius 2 is 1.77 bits per heavy atom. The summed E-state index contributed by atoms with van der Waals surface area (Å²) in [4.78, 5) is 44.0.